The van der Waals surface area contributed by atoms with Crippen LogP contribution in [-0.4, -0.2) is 27.2 Å². The number of fused-ring (bicyclic) bond motifs is 1. The Morgan fingerprint density at radius 3 is 2.45 bits per heavy atom. The maximum absolute atomic E-state index is 13.3. The van der Waals surface area contributed by atoms with Gasteiger partial charge in [-0.15, -0.1) is 0 Å². The Hall–Kier alpha value is -3.80. The second-order valence-corrected chi connectivity index (χ2v) is 8.10. The van der Waals surface area contributed by atoms with Gasteiger partial charge in [-0.2, -0.15) is 5.10 Å². The van der Waals surface area contributed by atoms with Crippen molar-refractivity contribution in [3.63, 3.8) is 0 Å². The molecule has 0 unspecified atom stereocenters. The molecule has 4 rings (SSSR count). The van der Waals surface area contributed by atoms with E-state index in [4.69, 9.17) is 0 Å². The maximum Gasteiger partial charge on any atom is 0.275 e. The standard InChI is InChI=1S/C27H28N4O2/c1-4-20-11-13-22(14-12-20)30(5-2)25(32)18-31-27(33)23-10-6-8-19(3)26(23)24(29-31)16-21-9-7-15-28-17-21/h6-15,17H,4-5,16,18H2,1-3H3. The summed E-state index contributed by atoms with van der Waals surface area (Å²) in [5.74, 6) is -0.171. The van der Waals surface area contributed by atoms with Gasteiger partial charge in [0, 0.05) is 36.4 Å². The highest BCUT2D eigenvalue weighted by molar-refractivity contribution is 5.93. The quantitative estimate of drug-likeness (QED) is 0.430. The number of amides is 1. The molecular formula is C27H28N4O2. The van der Waals surface area contributed by atoms with Crippen LogP contribution in [-0.2, 0) is 24.2 Å². The Morgan fingerprint density at radius 2 is 1.79 bits per heavy atom. The van der Waals surface area contributed by atoms with Gasteiger partial charge in [-0.1, -0.05) is 37.3 Å². The van der Waals surface area contributed by atoms with Crippen LogP contribution >= 0.6 is 0 Å². The van der Waals surface area contributed by atoms with E-state index in [0.717, 1.165) is 34.3 Å². The molecule has 2 aromatic carbocycles. The molecule has 6 heteroatoms. The van der Waals surface area contributed by atoms with Crippen LogP contribution in [0.1, 0.15) is 36.2 Å². The minimum atomic E-state index is -0.255. The zero-order valence-electron chi connectivity index (χ0n) is 19.3. The summed E-state index contributed by atoms with van der Waals surface area (Å²) in [7, 11) is 0. The number of hydrogen-bond donors (Lipinski definition) is 0. The van der Waals surface area contributed by atoms with Gasteiger partial charge in [0.15, 0.2) is 0 Å². The lowest BCUT2D eigenvalue weighted by Crippen LogP contribution is -2.38. The molecule has 1 amide bonds. The number of nitrogens with zero attached hydrogens (tertiary/aromatic N) is 4. The summed E-state index contributed by atoms with van der Waals surface area (Å²) in [5.41, 5.74) is 4.52. The first-order valence-electron chi connectivity index (χ1n) is 11.3. The number of rotatable bonds is 7. The molecule has 0 N–H and O–H groups in total. The second-order valence-electron chi connectivity index (χ2n) is 8.10. The van der Waals surface area contributed by atoms with Crippen molar-refractivity contribution < 1.29 is 4.79 Å². The van der Waals surface area contributed by atoms with E-state index in [2.05, 4.69) is 17.0 Å². The van der Waals surface area contributed by atoms with Crippen molar-refractivity contribution in [2.24, 2.45) is 0 Å². The molecule has 6 nitrogen and oxygen atoms in total. The first-order chi connectivity index (χ1) is 16.0. The van der Waals surface area contributed by atoms with E-state index in [1.807, 2.05) is 62.4 Å². The number of likely N-dealkylation sites (N-methyl/N-ethyl adjacent to an activating group) is 1. The van der Waals surface area contributed by atoms with Crippen molar-refractivity contribution in [3.05, 3.63) is 99.7 Å². The summed E-state index contributed by atoms with van der Waals surface area (Å²) in [6.07, 6.45) is 4.99. The summed E-state index contributed by atoms with van der Waals surface area (Å²) in [5, 5.41) is 6.08. The van der Waals surface area contributed by atoms with Gasteiger partial charge in [0.25, 0.3) is 5.56 Å². The van der Waals surface area contributed by atoms with Gasteiger partial charge in [0.2, 0.25) is 5.91 Å². The minimum absolute atomic E-state index is 0.119. The molecule has 168 valence electrons. The molecule has 0 radical (unpaired) electrons. The van der Waals surface area contributed by atoms with Crippen molar-refractivity contribution in [1.82, 2.24) is 14.8 Å². The largest absolute Gasteiger partial charge is 0.311 e. The van der Waals surface area contributed by atoms with Gasteiger partial charge < -0.3 is 4.90 Å². The smallest absolute Gasteiger partial charge is 0.275 e. The van der Waals surface area contributed by atoms with Crippen LogP contribution in [0, 0.1) is 6.92 Å². The van der Waals surface area contributed by atoms with Gasteiger partial charge in [0.05, 0.1) is 11.1 Å². The fourth-order valence-corrected chi connectivity index (χ4v) is 4.16. The average Bonchev–Trinajstić information content (AvgIpc) is 2.83. The third-order valence-corrected chi connectivity index (χ3v) is 5.92. The van der Waals surface area contributed by atoms with Gasteiger partial charge >= 0.3 is 0 Å². The van der Waals surface area contributed by atoms with Crippen LogP contribution in [0.4, 0.5) is 5.69 Å². The summed E-state index contributed by atoms with van der Waals surface area (Å²) >= 11 is 0. The number of pyridine rings is 1. The summed E-state index contributed by atoms with van der Waals surface area (Å²) in [6, 6.07) is 17.5. The Bertz CT molecular complexity index is 1330. The molecule has 0 spiro atoms. The highest BCUT2D eigenvalue weighted by Crippen LogP contribution is 2.21. The van der Waals surface area contributed by atoms with Gasteiger partial charge in [0.1, 0.15) is 6.54 Å². The van der Waals surface area contributed by atoms with Crippen molar-refractivity contribution in [2.75, 3.05) is 11.4 Å². The third kappa shape index (κ3) is 4.70. The van der Waals surface area contributed by atoms with Gasteiger partial charge in [-0.05, 0) is 61.2 Å². The van der Waals surface area contributed by atoms with Crippen molar-refractivity contribution in [2.45, 2.75) is 40.2 Å². The van der Waals surface area contributed by atoms with E-state index in [1.54, 1.807) is 23.4 Å². The molecule has 2 heterocycles. The van der Waals surface area contributed by atoms with E-state index in [0.29, 0.717) is 18.4 Å². The van der Waals surface area contributed by atoms with Crippen molar-refractivity contribution in [3.8, 4) is 0 Å². The summed E-state index contributed by atoms with van der Waals surface area (Å²) < 4.78 is 1.30. The maximum atomic E-state index is 13.3. The summed E-state index contributed by atoms with van der Waals surface area (Å²) in [4.78, 5) is 32.4. The fourth-order valence-electron chi connectivity index (χ4n) is 4.16. The molecule has 0 saturated heterocycles. The van der Waals surface area contributed by atoms with E-state index < -0.39 is 0 Å². The number of hydrogen-bond acceptors (Lipinski definition) is 4. The van der Waals surface area contributed by atoms with E-state index >= 15 is 0 Å². The first-order valence-corrected chi connectivity index (χ1v) is 11.3. The Kier molecular flexibility index (Phi) is 6.63. The normalized spacial score (nSPS) is 11.0. The predicted molar refractivity (Wildman–Crippen MR) is 132 cm³/mol. The highest BCUT2D eigenvalue weighted by atomic mass is 16.2. The SMILES string of the molecule is CCc1ccc(N(CC)C(=O)Cn2nc(Cc3cccnc3)c3c(C)cccc3c2=O)cc1. The van der Waals surface area contributed by atoms with E-state index in [-0.39, 0.29) is 18.0 Å². The fraction of sp³-hybridized carbons (Fsp3) is 0.259. The molecule has 0 bridgehead atoms. The van der Waals surface area contributed by atoms with Gasteiger partial charge in [-0.3, -0.25) is 14.6 Å². The molecule has 0 saturated carbocycles. The van der Waals surface area contributed by atoms with Crippen molar-refractivity contribution in [1.29, 1.82) is 0 Å². The Labute approximate surface area is 193 Å². The molecular weight excluding hydrogens is 412 g/mol. The van der Waals surface area contributed by atoms with Crippen LogP contribution in [0.2, 0.25) is 0 Å². The lowest BCUT2D eigenvalue weighted by molar-refractivity contribution is -0.119. The second kappa shape index (κ2) is 9.77. The van der Waals surface area contributed by atoms with Gasteiger partial charge in [-0.25, -0.2) is 4.68 Å². The average molecular weight is 441 g/mol. The number of carbonyl (C=O) groups excluding carboxylic acids is 1. The molecule has 0 aliphatic carbocycles. The number of benzene rings is 2. The molecule has 4 aromatic rings. The van der Waals surface area contributed by atoms with E-state index in [1.165, 1.54) is 10.2 Å². The van der Waals surface area contributed by atoms with Crippen LogP contribution in [0.3, 0.4) is 0 Å². The molecule has 0 aliphatic heterocycles. The third-order valence-electron chi connectivity index (χ3n) is 5.92. The number of anilines is 1. The van der Waals surface area contributed by atoms with Crippen molar-refractivity contribution >= 4 is 22.4 Å². The van der Waals surface area contributed by atoms with E-state index in [9.17, 15) is 9.59 Å². The van der Waals surface area contributed by atoms with Crippen LogP contribution in [0.5, 0.6) is 0 Å². The zero-order valence-corrected chi connectivity index (χ0v) is 19.3. The Balaban J connectivity index is 1.73. The molecule has 0 atom stereocenters. The topological polar surface area (TPSA) is 68.1 Å². The monoisotopic (exact) mass is 440 g/mol. The molecule has 2 aromatic heterocycles. The first kappa shape index (κ1) is 22.4. The Morgan fingerprint density at radius 1 is 1.00 bits per heavy atom. The lowest BCUT2D eigenvalue weighted by atomic mass is 10.0. The molecule has 0 fully saturated rings. The number of aromatic nitrogens is 3. The summed E-state index contributed by atoms with van der Waals surface area (Å²) in [6.45, 7) is 6.39. The highest BCUT2D eigenvalue weighted by Gasteiger charge is 2.19. The van der Waals surface area contributed by atoms with Crippen LogP contribution in [0.15, 0.2) is 71.8 Å². The van der Waals surface area contributed by atoms with Crippen LogP contribution < -0.4 is 10.5 Å². The zero-order chi connectivity index (χ0) is 23.4. The lowest BCUT2D eigenvalue weighted by Gasteiger charge is -2.22. The molecule has 0 aliphatic rings. The molecule has 33 heavy (non-hydrogen) atoms. The minimum Gasteiger partial charge on any atom is -0.311 e. The van der Waals surface area contributed by atoms with Crippen LogP contribution in [0.25, 0.3) is 10.8 Å². The number of aryl methyl sites for hydroxylation is 2. The number of carbonyl (C=O) groups is 1. The predicted octanol–water partition coefficient (Wildman–Crippen LogP) is 4.31.